The van der Waals surface area contributed by atoms with Crippen molar-refractivity contribution < 1.29 is 29.6 Å². The van der Waals surface area contributed by atoms with Gasteiger partial charge in [-0.3, -0.25) is 0 Å². The zero-order valence-corrected chi connectivity index (χ0v) is 6.21. The average Bonchev–Trinajstić information content (AvgIpc) is 1.68. The van der Waals surface area contributed by atoms with Crippen molar-refractivity contribution in [2.24, 2.45) is 0 Å². The third kappa shape index (κ3) is 5.61. The number of rotatable bonds is 1. The Morgan fingerprint density at radius 3 is 2.50 bits per heavy atom. The van der Waals surface area contributed by atoms with Crippen molar-refractivity contribution in [2.75, 3.05) is 13.7 Å². The molecule has 0 aliphatic carbocycles. The average molecular weight is 197 g/mol. The SMILES string of the molecule is [C-]#[N+]CC(=O)OC.[Tc]. The number of hydrogen-bond acceptors (Lipinski definition) is 2. The minimum absolute atomic E-state index is 0. The second kappa shape index (κ2) is 6.61. The van der Waals surface area contributed by atoms with Crippen LogP contribution in [0.25, 0.3) is 4.85 Å². The summed E-state index contributed by atoms with van der Waals surface area (Å²) in [4.78, 5) is 12.8. The van der Waals surface area contributed by atoms with Crippen molar-refractivity contribution in [1.29, 1.82) is 0 Å². The van der Waals surface area contributed by atoms with E-state index in [2.05, 4.69) is 9.58 Å². The van der Waals surface area contributed by atoms with Crippen LogP contribution in [0, 0.1) is 6.57 Å². The number of esters is 1. The molecule has 8 heavy (non-hydrogen) atoms. The third-order valence-corrected chi connectivity index (χ3v) is 0.436. The summed E-state index contributed by atoms with van der Waals surface area (Å²) in [6, 6.07) is 0. The first-order valence-corrected chi connectivity index (χ1v) is 1.71. The van der Waals surface area contributed by atoms with Crippen molar-refractivity contribution in [3.8, 4) is 0 Å². The molecule has 0 aliphatic heterocycles. The molecule has 0 saturated carbocycles. The molecule has 0 fully saturated rings. The van der Waals surface area contributed by atoms with E-state index in [0.717, 1.165) is 0 Å². The molecule has 0 bridgehead atoms. The van der Waals surface area contributed by atoms with E-state index in [1.165, 1.54) is 7.11 Å². The summed E-state index contributed by atoms with van der Waals surface area (Å²) in [5.74, 6) is -0.477. The molecule has 0 aromatic carbocycles. The van der Waals surface area contributed by atoms with Crippen LogP contribution in [-0.2, 0) is 29.6 Å². The van der Waals surface area contributed by atoms with Crippen LogP contribution in [-0.4, -0.2) is 19.6 Å². The van der Waals surface area contributed by atoms with Crippen molar-refractivity contribution in [3.05, 3.63) is 11.4 Å². The van der Waals surface area contributed by atoms with E-state index in [-0.39, 0.29) is 26.7 Å². The molecule has 1 radical (unpaired) electrons. The molecule has 0 aromatic rings. The van der Waals surface area contributed by atoms with Crippen LogP contribution < -0.4 is 0 Å². The maximum atomic E-state index is 9.98. The van der Waals surface area contributed by atoms with E-state index in [4.69, 9.17) is 6.57 Å². The number of hydrogen-bond donors (Lipinski definition) is 0. The van der Waals surface area contributed by atoms with Gasteiger partial charge in [0.15, 0.2) is 0 Å². The van der Waals surface area contributed by atoms with E-state index in [9.17, 15) is 4.79 Å². The Labute approximate surface area is 61.2 Å². The fourth-order valence-corrected chi connectivity index (χ4v) is 0.129. The quantitative estimate of drug-likeness (QED) is 0.440. The van der Waals surface area contributed by atoms with Crippen LogP contribution in [0.4, 0.5) is 0 Å². The van der Waals surface area contributed by atoms with E-state index < -0.39 is 5.97 Å². The molecule has 0 aromatic heterocycles. The monoisotopic (exact) mass is 196 g/mol. The largest absolute Gasteiger partial charge is 0.464 e. The summed E-state index contributed by atoms with van der Waals surface area (Å²) >= 11 is 0. The van der Waals surface area contributed by atoms with Crippen LogP contribution in [0.15, 0.2) is 0 Å². The fraction of sp³-hybridized carbons (Fsp3) is 0.500. The van der Waals surface area contributed by atoms with Crippen molar-refractivity contribution >= 4 is 5.97 Å². The van der Waals surface area contributed by atoms with Gasteiger partial charge in [0, 0.05) is 20.1 Å². The molecular weight excluding hydrogens is 192 g/mol. The first kappa shape index (κ1) is 10.6. The zero-order valence-electron chi connectivity index (χ0n) is 4.35. The Morgan fingerprint density at radius 2 is 2.38 bits per heavy atom. The van der Waals surface area contributed by atoms with Gasteiger partial charge in [-0.05, 0) is 0 Å². The molecule has 45 valence electrons. The minimum atomic E-state index is -0.477. The van der Waals surface area contributed by atoms with Gasteiger partial charge in [0.2, 0.25) is 0 Å². The van der Waals surface area contributed by atoms with Crippen molar-refractivity contribution in [2.45, 2.75) is 0 Å². The molecule has 0 amide bonds. The molecule has 0 atom stereocenters. The Hall–Kier alpha value is -0.391. The zero-order chi connectivity index (χ0) is 5.70. The van der Waals surface area contributed by atoms with Gasteiger partial charge in [-0.1, -0.05) is 0 Å². The Balaban J connectivity index is 0. The number of nitrogens with zero attached hydrogens (tertiary/aromatic N) is 1. The second-order valence-corrected chi connectivity index (χ2v) is 0.892. The smallest absolute Gasteiger partial charge is 0.386 e. The van der Waals surface area contributed by atoms with Crippen LogP contribution >= 0.6 is 0 Å². The van der Waals surface area contributed by atoms with Gasteiger partial charge in [-0.25, -0.2) is 11.4 Å². The summed E-state index contributed by atoms with van der Waals surface area (Å²) in [6.07, 6.45) is 0. The number of carbonyl (C=O) groups is 1. The summed E-state index contributed by atoms with van der Waals surface area (Å²) < 4.78 is 4.14. The maximum absolute atomic E-state index is 9.98. The van der Waals surface area contributed by atoms with Gasteiger partial charge in [-0.2, -0.15) is 0 Å². The maximum Gasteiger partial charge on any atom is 0.386 e. The molecule has 0 unspecified atom stereocenters. The van der Waals surface area contributed by atoms with E-state index in [1.807, 2.05) is 0 Å². The van der Waals surface area contributed by atoms with Gasteiger partial charge >= 0.3 is 12.5 Å². The fourth-order valence-electron chi connectivity index (χ4n) is 0.129. The normalized spacial score (nSPS) is 6.00. The molecule has 0 N–H and O–H groups in total. The van der Waals surface area contributed by atoms with Gasteiger partial charge in [-0.15, -0.1) is 0 Å². The molecule has 3 nitrogen and oxygen atoms in total. The topological polar surface area (TPSA) is 30.7 Å². The predicted molar refractivity (Wildman–Crippen MR) is 23.5 cm³/mol. The number of carbonyl (C=O) groups excluding carboxylic acids is 1. The summed E-state index contributed by atoms with van der Waals surface area (Å²) in [7, 11) is 1.26. The first-order valence-electron chi connectivity index (χ1n) is 1.71. The minimum Gasteiger partial charge on any atom is -0.464 e. The van der Waals surface area contributed by atoms with Gasteiger partial charge in [0.25, 0.3) is 0 Å². The Morgan fingerprint density at radius 1 is 1.88 bits per heavy atom. The van der Waals surface area contributed by atoms with E-state index >= 15 is 0 Å². The summed E-state index contributed by atoms with van der Waals surface area (Å²) in [5, 5.41) is 0. The summed E-state index contributed by atoms with van der Waals surface area (Å²) in [5.41, 5.74) is 0. The van der Waals surface area contributed by atoms with E-state index in [0.29, 0.717) is 0 Å². The number of methoxy groups -OCH3 is 1. The predicted octanol–water partition coefficient (Wildman–Crippen LogP) is 0.0762. The van der Waals surface area contributed by atoms with Gasteiger partial charge < -0.3 is 9.58 Å². The van der Waals surface area contributed by atoms with E-state index in [1.54, 1.807) is 0 Å². The molecule has 0 saturated heterocycles. The van der Waals surface area contributed by atoms with Gasteiger partial charge in [0.05, 0.1) is 7.11 Å². The molecule has 4 heteroatoms. The van der Waals surface area contributed by atoms with Crippen LogP contribution in [0.1, 0.15) is 0 Å². The van der Waals surface area contributed by atoms with Crippen molar-refractivity contribution in [1.82, 2.24) is 0 Å². The second-order valence-electron chi connectivity index (χ2n) is 0.892. The Bertz CT molecular complexity index is 107. The first-order chi connectivity index (χ1) is 3.31. The van der Waals surface area contributed by atoms with Crippen LogP contribution in [0.5, 0.6) is 0 Å². The molecular formula is C4H5NO2Tc. The van der Waals surface area contributed by atoms with Crippen LogP contribution in [0.2, 0.25) is 0 Å². The third-order valence-electron chi connectivity index (χ3n) is 0.436. The molecule has 0 heterocycles. The molecule has 0 rings (SSSR count). The standard InChI is InChI=1S/C4H5NO2.Tc/c1-5-3-4(6)7-2;/h3H2,2H3;. The van der Waals surface area contributed by atoms with Gasteiger partial charge in [0.1, 0.15) is 0 Å². The van der Waals surface area contributed by atoms with Crippen LogP contribution in [0.3, 0.4) is 0 Å². The molecule has 0 aliphatic rings. The van der Waals surface area contributed by atoms with Crippen molar-refractivity contribution in [3.63, 3.8) is 0 Å². The Kier molecular flexibility index (Phi) is 8.73. The summed E-state index contributed by atoms with van der Waals surface area (Å²) in [6.45, 7) is 5.99. The number of ether oxygens (including phenoxy) is 1. The molecule has 0 spiro atoms.